The number of carbonyl (C=O) groups is 1. The van der Waals surface area contributed by atoms with Crippen LogP contribution in [-0.4, -0.2) is 43.4 Å². The molecule has 1 amide bonds. The first-order valence-electron chi connectivity index (χ1n) is 9.96. The van der Waals surface area contributed by atoms with Crippen LogP contribution >= 0.6 is 0 Å². The number of para-hydroxylation sites is 1. The number of hydrogen-bond acceptors (Lipinski definition) is 4. The van der Waals surface area contributed by atoms with E-state index in [4.69, 9.17) is 4.74 Å². The number of carbonyl (C=O) groups excluding carboxylic acids is 1. The smallest absolute Gasteiger partial charge is 0.269 e. The van der Waals surface area contributed by atoms with E-state index in [1.54, 1.807) is 7.11 Å². The Bertz CT molecular complexity index is 997. The number of amides is 1. The summed E-state index contributed by atoms with van der Waals surface area (Å²) in [5, 5.41) is 10.4. The van der Waals surface area contributed by atoms with Gasteiger partial charge < -0.3 is 15.0 Å². The number of aromatic amines is 1. The number of rotatable bonds is 7. The van der Waals surface area contributed by atoms with Crippen LogP contribution in [-0.2, 0) is 12.8 Å². The molecule has 0 atom stereocenters. The summed E-state index contributed by atoms with van der Waals surface area (Å²) in [5.41, 5.74) is 5.92. The zero-order chi connectivity index (χ0) is 20.2. The summed E-state index contributed by atoms with van der Waals surface area (Å²) in [6.45, 7) is 1.50. The lowest BCUT2D eigenvalue weighted by molar-refractivity contribution is 0.0947. The van der Waals surface area contributed by atoms with Crippen molar-refractivity contribution in [3.8, 4) is 17.0 Å². The molecule has 3 aromatic rings. The summed E-state index contributed by atoms with van der Waals surface area (Å²) in [6.07, 6.45) is 2.54. The molecule has 2 N–H and O–H groups in total. The van der Waals surface area contributed by atoms with Crippen molar-refractivity contribution in [3.05, 3.63) is 65.4 Å². The molecule has 0 radical (unpaired) electrons. The highest BCUT2D eigenvalue weighted by atomic mass is 16.5. The third-order valence-electron chi connectivity index (χ3n) is 5.46. The number of methoxy groups -OCH3 is 1. The Morgan fingerprint density at radius 2 is 2.03 bits per heavy atom. The van der Waals surface area contributed by atoms with Gasteiger partial charge >= 0.3 is 0 Å². The van der Waals surface area contributed by atoms with Crippen LogP contribution in [0.5, 0.6) is 5.75 Å². The summed E-state index contributed by atoms with van der Waals surface area (Å²) in [5.74, 6) is 0.763. The molecule has 1 aliphatic carbocycles. The van der Waals surface area contributed by atoms with Gasteiger partial charge in [-0.1, -0.05) is 18.2 Å². The molecular weight excluding hydrogens is 364 g/mol. The highest BCUT2D eigenvalue weighted by molar-refractivity contribution is 5.96. The third-order valence-corrected chi connectivity index (χ3v) is 5.46. The van der Waals surface area contributed by atoms with Gasteiger partial charge in [-0.15, -0.1) is 0 Å². The average Bonchev–Trinajstić information content (AvgIpc) is 3.21. The van der Waals surface area contributed by atoms with Crippen molar-refractivity contribution in [1.82, 2.24) is 15.5 Å². The van der Waals surface area contributed by atoms with E-state index in [0.717, 1.165) is 48.4 Å². The number of fused-ring (bicyclic) bond motifs is 3. The van der Waals surface area contributed by atoms with Crippen molar-refractivity contribution in [3.63, 3.8) is 0 Å². The number of anilines is 1. The zero-order valence-corrected chi connectivity index (χ0v) is 16.9. The van der Waals surface area contributed by atoms with E-state index in [-0.39, 0.29) is 5.91 Å². The SMILES string of the molecule is COc1ccc2c(c1)CCc1c-2n[nH]c1C(=O)NCCCN(C)c1ccccc1. The maximum atomic E-state index is 12.7. The first kappa shape index (κ1) is 19.1. The monoisotopic (exact) mass is 390 g/mol. The predicted octanol–water partition coefficient (Wildman–Crippen LogP) is 3.44. The lowest BCUT2D eigenvalue weighted by Crippen LogP contribution is -2.29. The Balaban J connectivity index is 1.36. The quantitative estimate of drug-likeness (QED) is 0.607. The van der Waals surface area contributed by atoms with Crippen molar-refractivity contribution < 1.29 is 9.53 Å². The average molecular weight is 390 g/mol. The van der Waals surface area contributed by atoms with E-state index < -0.39 is 0 Å². The van der Waals surface area contributed by atoms with E-state index in [0.29, 0.717) is 12.2 Å². The van der Waals surface area contributed by atoms with Crippen molar-refractivity contribution in [2.75, 3.05) is 32.1 Å². The first-order chi connectivity index (χ1) is 14.2. The molecule has 0 saturated carbocycles. The normalized spacial score (nSPS) is 12.1. The van der Waals surface area contributed by atoms with Gasteiger partial charge in [-0.05, 0) is 55.2 Å². The van der Waals surface area contributed by atoms with Crippen LogP contribution < -0.4 is 15.0 Å². The van der Waals surface area contributed by atoms with Gasteiger partial charge in [0.2, 0.25) is 0 Å². The molecule has 29 heavy (non-hydrogen) atoms. The van der Waals surface area contributed by atoms with Gasteiger partial charge in [0, 0.05) is 37.0 Å². The molecule has 1 aliphatic rings. The topological polar surface area (TPSA) is 70.2 Å². The van der Waals surface area contributed by atoms with Crippen molar-refractivity contribution in [2.45, 2.75) is 19.3 Å². The van der Waals surface area contributed by atoms with Crippen LogP contribution in [0.1, 0.15) is 28.0 Å². The minimum atomic E-state index is -0.0851. The molecular formula is C23H26N4O2. The fraction of sp³-hybridized carbons (Fsp3) is 0.304. The number of benzene rings is 2. The van der Waals surface area contributed by atoms with Crippen LogP contribution in [0.4, 0.5) is 5.69 Å². The number of nitrogens with zero attached hydrogens (tertiary/aromatic N) is 2. The number of hydrogen-bond donors (Lipinski definition) is 2. The highest BCUT2D eigenvalue weighted by Crippen LogP contribution is 2.35. The molecule has 2 aromatic carbocycles. The summed E-state index contributed by atoms with van der Waals surface area (Å²) in [6, 6.07) is 16.3. The summed E-state index contributed by atoms with van der Waals surface area (Å²) < 4.78 is 5.32. The number of nitrogens with one attached hydrogen (secondary N) is 2. The molecule has 0 aliphatic heterocycles. The standard InChI is InChI=1S/C23H26N4O2/c1-27(17-7-4-3-5-8-17)14-6-13-24-23(28)22-20-11-9-16-15-18(29-2)10-12-19(16)21(20)25-26-22/h3-5,7-8,10,12,15H,6,9,11,13-14H2,1-2H3,(H,24,28)(H,25,26). The number of aryl methyl sites for hydroxylation is 1. The predicted molar refractivity (Wildman–Crippen MR) is 115 cm³/mol. The fourth-order valence-corrected chi connectivity index (χ4v) is 3.83. The van der Waals surface area contributed by atoms with E-state index in [9.17, 15) is 4.79 Å². The Morgan fingerprint density at radius 1 is 1.21 bits per heavy atom. The number of aromatic nitrogens is 2. The highest BCUT2D eigenvalue weighted by Gasteiger charge is 2.25. The molecule has 150 valence electrons. The van der Waals surface area contributed by atoms with Crippen LogP contribution in [0.3, 0.4) is 0 Å². The molecule has 0 bridgehead atoms. The van der Waals surface area contributed by atoms with Gasteiger partial charge in [0.05, 0.1) is 12.8 Å². The fourth-order valence-electron chi connectivity index (χ4n) is 3.83. The summed E-state index contributed by atoms with van der Waals surface area (Å²) in [7, 11) is 3.74. The minimum absolute atomic E-state index is 0.0851. The van der Waals surface area contributed by atoms with Gasteiger partial charge in [-0.2, -0.15) is 5.10 Å². The second-order valence-electron chi connectivity index (χ2n) is 7.32. The van der Waals surface area contributed by atoms with E-state index in [1.165, 1.54) is 11.3 Å². The Kier molecular flexibility index (Phi) is 5.51. The molecule has 0 spiro atoms. The molecule has 6 heteroatoms. The van der Waals surface area contributed by atoms with E-state index >= 15 is 0 Å². The molecule has 6 nitrogen and oxygen atoms in total. The van der Waals surface area contributed by atoms with E-state index in [1.807, 2.05) is 30.3 Å². The lowest BCUT2D eigenvalue weighted by atomic mass is 9.89. The van der Waals surface area contributed by atoms with Crippen LogP contribution in [0, 0.1) is 0 Å². The molecule has 4 rings (SSSR count). The van der Waals surface area contributed by atoms with E-state index in [2.05, 4.69) is 45.7 Å². The van der Waals surface area contributed by atoms with Crippen molar-refractivity contribution >= 4 is 11.6 Å². The van der Waals surface area contributed by atoms with Gasteiger partial charge in [0.25, 0.3) is 5.91 Å². The maximum absolute atomic E-state index is 12.7. The van der Waals surface area contributed by atoms with Gasteiger partial charge in [-0.25, -0.2) is 0 Å². The molecule has 0 unspecified atom stereocenters. The Morgan fingerprint density at radius 3 is 2.83 bits per heavy atom. The lowest BCUT2D eigenvalue weighted by Gasteiger charge is -2.19. The Hall–Kier alpha value is -3.28. The minimum Gasteiger partial charge on any atom is -0.497 e. The number of H-pyrrole nitrogens is 1. The molecule has 1 aromatic heterocycles. The molecule has 0 saturated heterocycles. The Labute approximate surface area is 170 Å². The van der Waals surface area contributed by atoms with Gasteiger partial charge in [0.1, 0.15) is 11.4 Å². The zero-order valence-electron chi connectivity index (χ0n) is 16.9. The van der Waals surface area contributed by atoms with Crippen LogP contribution in [0.25, 0.3) is 11.3 Å². The molecule has 1 heterocycles. The maximum Gasteiger partial charge on any atom is 0.269 e. The van der Waals surface area contributed by atoms with Gasteiger partial charge in [0.15, 0.2) is 0 Å². The van der Waals surface area contributed by atoms with Gasteiger partial charge in [-0.3, -0.25) is 9.89 Å². The van der Waals surface area contributed by atoms with Crippen molar-refractivity contribution in [1.29, 1.82) is 0 Å². The van der Waals surface area contributed by atoms with Crippen LogP contribution in [0.15, 0.2) is 48.5 Å². The molecule has 0 fully saturated rings. The summed E-state index contributed by atoms with van der Waals surface area (Å²) in [4.78, 5) is 14.9. The largest absolute Gasteiger partial charge is 0.497 e. The van der Waals surface area contributed by atoms with Crippen molar-refractivity contribution in [2.24, 2.45) is 0 Å². The second kappa shape index (κ2) is 8.39. The third kappa shape index (κ3) is 3.97. The summed E-state index contributed by atoms with van der Waals surface area (Å²) >= 11 is 0. The first-order valence-corrected chi connectivity index (χ1v) is 9.96. The number of ether oxygens (including phenoxy) is 1. The van der Waals surface area contributed by atoms with Crippen LogP contribution in [0.2, 0.25) is 0 Å². The second-order valence-corrected chi connectivity index (χ2v) is 7.32.